The van der Waals surface area contributed by atoms with Crippen molar-refractivity contribution in [1.82, 2.24) is 14.9 Å². The van der Waals surface area contributed by atoms with Crippen LogP contribution in [0, 0.1) is 5.82 Å². The molecule has 4 aromatic rings. The largest absolute Gasteiger partial charge is 0.439 e. The van der Waals surface area contributed by atoms with Gasteiger partial charge in [-0.1, -0.05) is 29.8 Å². The number of aromatic nitrogens is 2. The third-order valence-electron chi connectivity index (χ3n) is 4.36. The van der Waals surface area contributed by atoms with Crippen molar-refractivity contribution in [2.45, 2.75) is 13.1 Å². The molecule has 0 saturated heterocycles. The van der Waals surface area contributed by atoms with Crippen molar-refractivity contribution in [3.05, 3.63) is 89.5 Å². The Morgan fingerprint density at radius 1 is 1.14 bits per heavy atom. The highest BCUT2D eigenvalue weighted by Crippen LogP contribution is 2.21. The molecule has 0 spiro atoms. The normalized spacial score (nSPS) is 10.8. The average Bonchev–Trinajstić information content (AvgIpc) is 3.09. The highest BCUT2D eigenvalue weighted by molar-refractivity contribution is 6.31. The summed E-state index contributed by atoms with van der Waals surface area (Å²) in [6, 6.07) is 16.8. The van der Waals surface area contributed by atoms with Gasteiger partial charge in [0.2, 0.25) is 11.8 Å². The quantitative estimate of drug-likeness (QED) is 0.491. The summed E-state index contributed by atoms with van der Waals surface area (Å²) in [7, 11) is 0. The van der Waals surface area contributed by atoms with Gasteiger partial charge in [0.25, 0.3) is 0 Å². The number of ether oxygens (including phenoxy) is 1. The van der Waals surface area contributed by atoms with E-state index in [9.17, 15) is 9.18 Å². The first kappa shape index (κ1) is 19.0. The molecule has 4 rings (SSSR count). The fraction of sp³-hybridized carbons (Fsp3) is 0.0909. The molecule has 7 heteroatoms. The van der Waals surface area contributed by atoms with E-state index in [1.165, 1.54) is 12.1 Å². The van der Waals surface area contributed by atoms with E-state index in [2.05, 4.69) is 10.3 Å². The van der Waals surface area contributed by atoms with Gasteiger partial charge in [-0.2, -0.15) is 0 Å². The molecule has 0 radical (unpaired) electrons. The molecular formula is C22H17ClFN3O2. The maximum Gasteiger partial charge on any atom is 0.240 e. The molecule has 0 aliphatic rings. The number of hydrogen-bond donors (Lipinski definition) is 1. The number of pyridine rings is 1. The molecule has 1 amide bonds. The summed E-state index contributed by atoms with van der Waals surface area (Å²) < 4.78 is 20.6. The summed E-state index contributed by atoms with van der Waals surface area (Å²) in [6.07, 6.45) is 3.47. The van der Waals surface area contributed by atoms with Gasteiger partial charge in [0.1, 0.15) is 18.1 Å². The van der Waals surface area contributed by atoms with Crippen LogP contribution in [0.25, 0.3) is 10.9 Å². The van der Waals surface area contributed by atoms with Crippen molar-refractivity contribution in [1.29, 1.82) is 0 Å². The number of carbonyl (C=O) groups excluding carboxylic acids is 1. The second-order valence-electron chi connectivity index (χ2n) is 6.49. The lowest BCUT2D eigenvalue weighted by atomic mass is 10.2. The molecule has 0 unspecified atom stereocenters. The van der Waals surface area contributed by atoms with Crippen LogP contribution in [0.1, 0.15) is 5.56 Å². The summed E-state index contributed by atoms with van der Waals surface area (Å²) in [5.41, 5.74) is 1.73. The Morgan fingerprint density at radius 3 is 2.83 bits per heavy atom. The van der Waals surface area contributed by atoms with E-state index in [1.807, 2.05) is 35.0 Å². The molecule has 29 heavy (non-hydrogen) atoms. The van der Waals surface area contributed by atoms with Crippen molar-refractivity contribution in [2.75, 3.05) is 0 Å². The number of halogens is 2. The molecule has 1 N–H and O–H groups in total. The standard InChI is InChI=1S/C22H17ClFN3O2/c23-17-6-5-16-8-9-27(20(16)10-17)14-21(28)25-12-15-4-7-22(26-13-15)29-19-3-1-2-18(24)11-19/h1-11,13H,12,14H2,(H,25,28). The number of rotatable bonds is 6. The van der Waals surface area contributed by atoms with Gasteiger partial charge in [-0.05, 0) is 41.3 Å². The van der Waals surface area contributed by atoms with Crippen LogP contribution in [-0.2, 0) is 17.9 Å². The van der Waals surface area contributed by atoms with Gasteiger partial charge in [-0.25, -0.2) is 9.37 Å². The van der Waals surface area contributed by atoms with Gasteiger partial charge in [0.15, 0.2) is 0 Å². The van der Waals surface area contributed by atoms with Crippen molar-refractivity contribution in [2.24, 2.45) is 0 Å². The average molecular weight is 410 g/mol. The van der Waals surface area contributed by atoms with Crippen LogP contribution < -0.4 is 10.1 Å². The first-order valence-electron chi connectivity index (χ1n) is 8.96. The number of benzene rings is 2. The molecule has 2 heterocycles. The molecule has 0 fully saturated rings. The van der Waals surface area contributed by atoms with Gasteiger partial charge in [0.05, 0.1) is 0 Å². The van der Waals surface area contributed by atoms with Crippen LogP contribution in [0.15, 0.2) is 73.1 Å². The summed E-state index contributed by atoms with van der Waals surface area (Å²) in [4.78, 5) is 16.5. The smallest absolute Gasteiger partial charge is 0.240 e. The SMILES string of the molecule is O=C(Cn1ccc2ccc(Cl)cc21)NCc1ccc(Oc2cccc(F)c2)nc1. The zero-order chi connectivity index (χ0) is 20.2. The zero-order valence-corrected chi connectivity index (χ0v) is 16.1. The Hall–Kier alpha value is -3.38. The molecular weight excluding hydrogens is 393 g/mol. The summed E-state index contributed by atoms with van der Waals surface area (Å²) >= 11 is 6.05. The van der Waals surface area contributed by atoms with Crippen LogP contribution in [0.4, 0.5) is 4.39 Å². The zero-order valence-electron chi connectivity index (χ0n) is 15.3. The lowest BCUT2D eigenvalue weighted by molar-refractivity contribution is -0.121. The molecule has 146 valence electrons. The summed E-state index contributed by atoms with van der Waals surface area (Å²) in [5.74, 6) is 0.223. The second-order valence-corrected chi connectivity index (χ2v) is 6.92. The van der Waals surface area contributed by atoms with Crippen molar-refractivity contribution >= 4 is 28.4 Å². The van der Waals surface area contributed by atoms with E-state index in [0.717, 1.165) is 16.5 Å². The Kier molecular flexibility index (Phi) is 5.44. The number of nitrogens with zero attached hydrogens (tertiary/aromatic N) is 2. The van der Waals surface area contributed by atoms with E-state index in [-0.39, 0.29) is 18.3 Å². The minimum absolute atomic E-state index is 0.123. The van der Waals surface area contributed by atoms with E-state index >= 15 is 0 Å². The van der Waals surface area contributed by atoms with E-state index in [1.54, 1.807) is 30.5 Å². The predicted molar refractivity (Wildman–Crippen MR) is 110 cm³/mol. The molecule has 2 aromatic heterocycles. The first-order chi connectivity index (χ1) is 14.1. The van der Waals surface area contributed by atoms with Gasteiger partial charge < -0.3 is 14.6 Å². The lowest BCUT2D eigenvalue weighted by Crippen LogP contribution is -2.26. The van der Waals surface area contributed by atoms with Crippen LogP contribution >= 0.6 is 11.6 Å². The predicted octanol–water partition coefficient (Wildman–Crippen LogP) is 4.94. The maximum absolute atomic E-state index is 13.2. The Labute approximate surface area is 171 Å². The van der Waals surface area contributed by atoms with Crippen molar-refractivity contribution in [3.8, 4) is 11.6 Å². The molecule has 0 aliphatic carbocycles. The van der Waals surface area contributed by atoms with E-state index in [4.69, 9.17) is 16.3 Å². The minimum Gasteiger partial charge on any atom is -0.439 e. The monoisotopic (exact) mass is 409 g/mol. The van der Waals surface area contributed by atoms with Crippen LogP contribution in [-0.4, -0.2) is 15.5 Å². The molecule has 0 saturated carbocycles. The highest BCUT2D eigenvalue weighted by Gasteiger charge is 2.07. The first-order valence-corrected chi connectivity index (χ1v) is 9.34. The third kappa shape index (κ3) is 4.73. The Balaban J connectivity index is 1.33. The molecule has 0 aliphatic heterocycles. The Morgan fingerprint density at radius 2 is 2.03 bits per heavy atom. The number of fused-ring (bicyclic) bond motifs is 1. The third-order valence-corrected chi connectivity index (χ3v) is 4.59. The van der Waals surface area contributed by atoms with Gasteiger partial charge in [-0.15, -0.1) is 0 Å². The summed E-state index contributed by atoms with van der Waals surface area (Å²) in [6.45, 7) is 0.532. The molecule has 0 atom stereocenters. The van der Waals surface area contributed by atoms with Crippen molar-refractivity contribution in [3.63, 3.8) is 0 Å². The Bertz CT molecular complexity index is 1160. The fourth-order valence-electron chi connectivity index (χ4n) is 2.93. The van der Waals surface area contributed by atoms with Crippen molar-refractivity contribution < 1.29 is 13.9 Å². The molecule has 5 nitrogen and oxygen atoms in total. The number of carbonyl (C=O) groups is 1. The van der Waals surface area contributed by atoms with Gasteiger partial charge in [-0.3, -0.25) is 4.79 Å². The van der Waals surface area contributed by atoms with Crippen LogP contribution in [0.5, 0.6) is 11.6 Å². The maximum atomic E-state index is 13.2. The highest BCUT2D eigenvalue weighted by atomic mass is 35.5. The topological polar surface area (TPSA) is 56.2 Å². The number of nitrogens with one attached hydrogen (secondary N) is 1. The van der Waals surface area contributed by atoms with Gasteiger partial charge in [0, 0.05) is 41.6 Å². The molecule has 0 bridgehead atoms. The van der Waals surface area contributed by atoms with Gasteiger partial charge >= 0.3 is 0 Å². The van der Waals surface area contributed by atoms with Crippen LogP contribution in [0.3, 0.4) is 0 Å². The van der Waals surface area contributed by atoms with E-state index in [0.29, 0.717) is 23.2 Å². The fourth-order valence-corrected chi connectivity index (χ4v) is 3.10. The minimum atomic E-state index is -0.375. The lowest BCUT2D eigenvalue weighted by Gasteiger charge is -2.09. The second kappa shape index (κ2) is 8.32. The summed E-state index contributed by atoms with van der Waals surface area (Å²) in [5, 5.41) is 4.53. The van der Waals surface area contributed by atoms with Crippen LogP contribution in [0.2, 0.25) is 5.02 Å². The van der Waals surface area contributed by atoms with E-state index < -0.39 is 0 Å². The number of hydrogen-bond acceptors (Lipinski definition) is 3. The number of amides is 1. The molecule has 2 aromatic carbocycles.